The topological polar surface area (TPSA) is 981 Å². The quantitative estimate of drug-likeness (QED) is 0.0284. The van der Waals surface area contributed by atoms with Gasteiger partial charge in [0.2, 0.25) is 0 Å². The highest BCUT2D eigenvalue weighted by Crippen LogP contribution is 2.43. The van der Waals surface area contributed by atoms with E-state index in [9.17, 15) is 194 Å². The van der Waals surface area contributed by atoms with Gasteiger partial charge in [-0.05, 0) is 0 Å². The van der Waals surface area contributed by atoms with Crippen LogP contribution < -0.4 is 0 Å². The summed E-state index contributed by atoms with van der Waals surface area (Å²) in [5.41, 5.74) is 0. The van der Waals surface area contributed by atoms with Gasteiger partial charge in [0.15, 0.2) is 75.5 Å². The molecule has 0 aliphatic carbocycles. The van der Waals surface area contributed by atoms with Gasteiger partial charge >= 0.3 is 0 Å². The van der Waals surface area contributed by atoms with E-state index in [-0.39, 0.29) is 0 Å². The van der Waals surface area contributed by atoms with Crippen LogP contribution in [0, 0.1) is 0 Å². The summed E-state index contributed by atoms with van der Waals surface area (Å²) in [5.74, 6) is 0. The third-order valence-electron chi connectivity index (χ3n) is 25.1. The van der Waals surface area contributed by atoms with Gasteiger partial charge in [-0.15, -0.1) is 0 Å². The fraction of sp³-hybridized carbons (Fsp3) is 1.00. The maximum Gasteiger partial charge on any atom is 0.187 e. The Labute approximate surface area is 748 Å². The van der Waals surface area contributed by atoms with Gasteiger partial charge < -0.3 is 303 Å². The van der Waals surface area contributed by atoms with Crippen LogP contribution in [0.2, 0.25) is 0 Å². The lowest BCUT2D eigenvalue weighted by atomic mass is 9.94. The number of hydrogen-bond donors (Lipinski definition) is 38. The van der Waals surface area contributed by atoms with E-state index in [1.165, 1.54) is 0 Å². The minimum Gasteiger partial charge on any atom is -0.394 e. The number of aliphatic hydroxyl groups excluding tert-OH is 38. The fourth-order valence-electron chi connectivity index (χ4n) is 17.4. The molecule has 61 nitrogen and oxygen atoms in total. The Kier molecular flexibility index (Phi) is 39.0. The van der Waals surface area contributed by atoms with Crippen molar-refractivity contribution in [3.8, 4) is 0 Å². The molecule has 61 heteroatoms. The van der Waals surface area contributed by atoms with Crippen molar-refractivity contribution in [2.75, 3.05) is 79.3 Å². The zero-order chi connectivity index (χ0) is 97.4. The maximum atomic E-state index is 12.1. The Hall–Kier alpha value is -2.44. The second-order valence-electron chi connectivity index (χ2n) is 33.6. The summed E-state index contributed by atoms with van der Waals surface area (Å²) in [7, 11) is 0. The molecule has 0 bridgehead atoms. The summed E-state index contributed by atoms with van der Waals surface area (Å²) in [6, 6.07) is 0. The highest BCUT2D eigenvalue weighted by atomic mass is 16.8. The summed E-state index contributed by atoms with van der Waals surface area (Å²) in [6.45, 7) is -13.6. The standard InChI is InChI=1S/C72H122O61/c73-1-13-25(85)37(97)38(98)62(112-13)124-51-27(87)15(3-75)114-64(40(51)100)126-53-29(89)17(5-77)116-66(42(53)102)128-55-31(91)19(7-79)118-68(44(55)104)130-57-33(93)21(9-81)120-70(46(57)106)132-59-35(95)23(11-83)122-72(48(59)108)133-60-36(96)24(12-84)121-71(49(60)109)131-58-34(94)22(10-82)119-69(47(58)107)129-56-32(92)20(8-80)117-67(45(56)105)127-54-30(90)18(6-78)115-65(43(54)103)125-52-28(88)16(4-76)113-63(41(52)101)123-50-26(86)14(2-74)111-61(110)39(50)99/h13-110H,1-12H2/t13-,14-,15-,16-,17-,18-,19-,20-,21-,22-,23-,24-,25-,26-,27-,28-,29-,30-,31-,32-,33-,34-,35-,36-,37+,38-,39+,40-,41-,42-,43-,44-,45-,46-,47-,48-,49-,50+,51+,52+,53+,54+,55+,56+,57+,58+,59+,60+,61-,62+,63+,64+,65+,66+,67+,68+,69+,70+,71+,72+/m1/s1. The second-order valence-corrected chi connectivity index (χ2v) is 33.6. The van der Waals surface area contributed by atoms with Crippen molar-refractivity contribution >= 4 is 0 Å². The van der Waals surface area contributed by atoms with Crippen molar-refractivity contribution in [1.82, 2.24) is 0 Å². The van der Waals surface area contributed by atoms with Gasteiger partial charge in [0.05, 0.1) is 79.3 Å². The molecular formula is C72H122O61. The summed E-state index contributed by atoms with van der Waals surface area (Å²) in [6.07, 6.45) is -130. The highest BCUT2D eigenvalue weighted by Gasteiger charge is 2.64. The first-order valence-corrected chi connectivity index (χ1v) is 42.2. The highest BCUT2D eigenvalue weighted by molar-refractivity contribution is 5.05. The SMILES string of the molecule is OC[C@H]1O[C@@H](O[C@@H]2[C@@H](O)[C@H](O[C@@H]3[C@@H](O)[C@H](O[C@@H]4[C@@H](O)[C@H](O[C@@H]5[C@@H](O)[C@H](O[C@@H]6[C@@H](O)[C@H](O[C@@H]7[C@@H](O)[C@H](O[C@@H]8[C@@H](O)[C@H](O[C@@H]9[C@@H](O)[C@H](O[C@@H]%10[C@@H](O)[C@H](O[C@@H]%11[C@@H](O)[C@H](O[C@@H]%12[C@H](O)[C@H](O)O[C@H](CO)[C@H]%12O)O[C@H](CO)[C@H]%11O)O[C@H](CO)[C@H]%10O)O[C@H](CO)[C@H]9O)O[C@H](CO)[C@H]8O)O[C@H](CO)[C@H]7O)O[C@H](CO)[C@H]6O)O[C@H](CO)[C@H]5O)O[C@H](CO)[C@H]4O)O[C@H](CO)[C@H]3O)O[C@H](CO)[C@H]2O)[C@H](O)[C@@H](O)[C@@H]1O. The maximum absolute atomic E-state index is 12.1. The zero-order valence-electron chi connectivity index (χ0n) is 69.5. The molecule has 12 rings (SSSR count). The lowest BCUT2D eigenvalue weighted by Gasteiger charge is -2.50. The van der Waals surface area contributed by atoms with Crippen molar-refractivity contribution in [3.05, 3.63) is 0 Å². The molecule has 0 aromatic carbocycles. The predicted octanol–water partition coefficient (Wildman–Crippen LogP) is -27.2. The molecule has 12 saturated heterocycles. The third kappa shape index (κ3) is 22.6. The number of aliphatic hydroxyl groups is 38. The molecule has 0 aromatic heterocycles. The van der Waals surface area contributed by atoms with Crippen LogP contribution in [-0.4, -0.2) is 642 Å². The molecule has 12 aliphatic heterocycles. The Morgan fingerprint density at radius 2 is 0.218 bits per heavy atom. The van der Waals surface area contributed by atoms with Crippen LogP contribution in [0.5, 0.6) is 0 Å². The molecule has 0 unspecified atom stereocenters. The lowest BCUT2D eigenvalue weighted by Crippen LogP contribution is -2.69. The number of hydrogen-bond acceptors (Lipinski definition) is 61. The van der Waals surface area contributed by atoms with Crippen molar-refractivity contribution in [1.29, 1.82) is 0 Å². The van der Waals surface area contributed by atoms with Crippen LogP contribution in [0.3, 0.4) is 0 Å². The van der Waals surface area contributed by atoms with E-state index in [1.807, 2.05) is 0 Å². The molecule has 133 heavy (non-hydrogen) atoms. The Balaban J connectivity index is 0.703. The van der Waals surface area contributed by atoms with Crippen molar-refractivity contribution in [2.45, 2.75) is 368 Å². The largest absolute Gasteiger partial charge is 0.394 e. The lowest BCUT2D eigenvalue weighted by molar-refractivity contribution is -0.404. The predicted molar refractivity (Wildman–Crippen MR) is 395 cm³/mol. The average Bonchev–Trinajstić information content (AvgIpc) is 0.768. The first kappa shape index (κ1) is 109. The molecule has 60 atom stereocenters. The summed E-state index contributed by atoms with van der Waals surface area (Å²) < 4.78 is 130. The van der Waals surface area contributed by atoms with Gasteiger partial charge in [-0.25, -0.2) is 0 Å². The van der Waals surface area contributed by atoms with E-state index in [0.717, 1.165) is 0 Å². The van der Waals surface area contributed by atoms with Gasteiger partial charge in [-0.3, -0.25) is 0 Å². The smallest absolute Gasteiger partial charge is 0.187 e. The molecule has 0 saturated carbocycles. The van der Waals surface area contributed by atoms with Gasteiger partial charge in [-0.1, -0.05) is 0 Å². The van der Waals surface area contributed by atoms with Crippen LogP contribution in [0.15, 0.2) is 0 Å². The van der Waals surface area contributed by atoms with Crippen molar-refractivity contribution < 1.29 is 303 Å². The Bertz CT molecular complexity index is 3380. The molecule has 38 N–H and O–H groups in total. The summed E-state index contributed by atoms with van der Waals surface area (Å²) in [4.78, 5) is 0. The van der Waals surface area contributed by atoms with E-state index in [1.54, 1.807) is 0 Å². The van der Waals surface area contributed by atoms with Crippen LogP contribution in [0.4, 0.5) is 0 Å². The van der Waals surface area contributed by atoms with Gasteiger partial charge in [0.1, 0.15) is 293 Å². The monoisotopic (exact) mass is 1960 g/mol. The molecule has 0 spiro atoms. The number of rotatable bonds is 34. The minimum absolute atomic E-state index is 0.931. The van der Waals surface area contributed by atoms with E-state index < -0.39 is 448 Å². The Morgan fingerprint density at radius 3 is 0.346 bits per heavy atom. The number of ether oxygens (including phenoxy) is 23. The van der Waals surface area contributed by atoms with Crippen LogP contribution in [0.1, 0.15) is 0 Å². The van der Waals surface area contributed by atoms with Crippen LogP contribution >= 0.6 is 0 Å². The molecule has 12 fully saturated rings. The van der Waals surface area contributed by atoms with Gasteiger partial charge in [-0.2, -0.15) is 0 Å². The molecule has 776 valence electrons. The zero-order valence-corrected chi connectivity index (χ0v) is 69.5. The molecule has 0 radical (unpaired) electrons. The minimum atomic E-state index is -2.52. The van der Waals surface area contributed by atoms with Crippen LogP contribution in [0.25, 0.3) is 0 Å². The molecule has 12 heterocycles. The summed E-state index contributed by atoms with van der Waals surface area (Å²) in [5, 5.41) is 420. The third-order valence-corrected chi connectivity index (χ3v) is 25.1. The van der Waals surface area contributed by atoms with Gasteiger partial charge in [0.25, 0.3) is 0 Å². The molecular weight excluding hydrogens is 1840 g/mol. The van der Waals surface area contributed by atoms with Gasteiger partial charge in [0, 0.05) is 0 Å². The average molecular weight is 1960 g/mol. The van der Waals surface area contributed by atoms with E-state index >= 15 is 0 Å². The van der Waals surface area contributed by atoms with E-state index in [0.29, 0.717) is 0 Å². The van der Waals surface area contributed by atoms with E-state index in [2.05, 4.69) is 0 Å². The Morgan fingerprint density at radius 1 is 0.113 bits per heavy atom. The van der Waals surface area contributed by atoms with Crippen molar-refractivity contribution in [2.24, 2.45) is 0 Å². The first-order valence-electron chi connectivity index (χ1n) is 42.2. The van der Waals surface area contributed by atoms with Crippen LogP contribution in [-0.2, 0) is 109 Å². The second kappa shape index (κ2) is 47.4. The van der Waals surface area contributed by atoms with E-state index in [4.69, 9.17) is 109 Å². The molecule has 0 aromatic rings. The first-order chi connectivity index (χ1) is 63.2. The summed E-state index contributed by atoms with van der Waals surface area (Å²) >= 11 is 0. The fourth-order valence-corrected chi connectivity index (χ4v) is 17.4. The normalized spacial score (nSPS) is 53.8. The molecule has 0 amide bonds. The van der Waals surface area contributed by atoms with Crippen molar-refractivity contribution in [3.63, 3.8) is 0 Å². The molecule has 12 aliphatic rings.